The number of hydrogen-bond acceptors (Lipinski definition) is 4. The lowest BCUT2D eigenvalue weighted by Crippen LogP contribution is -2.25. The van der Waals surface area contributed by atoms with Gasteiger partial charge in [-0.05, 0) is 25.5 Å². The molecule has 19 heavy (non-hydrogen) atoms. The highest BCUT2D eigenvalue weighted by Gasteiger charge is 2.16. The van der Waals surface area contributed by atoms with Gasteiger partial charge in [-0.25, -0.2) is 13.1 Å². The summed E-state index contributed by atoms with van der Waals surface area (Å²) in [6.07, 6.45) is 1.58. The normalized spacial score (nSPS) is 11.7. The van der Waals surface area contributed by atoms with Crippen molar-refractivity contribution < 1.29 is 8.42 Å². The highest BCUT2D eigenvalue weighted by molar-refractivity contribution is 7.89. The first-order valence-corrected chi connectivity index (χ1v) is 7.45. The van der Waals surface area contributed by atoms with Crippen LogP contribution in [0.15, 0.2) is 35.5 Å². The van der Waals surface area contributed by atoms with Crippen LogP contribution >= 0.6 is 0 Å². The molecule has 0 amide bonds. The van der Waals surface area contributed by atoms with E-state index in [4.69, 9.17) is 0 Å². The molecular formula is C12H16N4O2S. The largest absolute Gasteiger partial charge is 0.317 e. The van der Waals surface area contributed by atoms with E-state index in [0.717, 1.165) is 0 Å². The zero-order chi connectivity index (χ0) is 13.9. The van der Waals surface area contributed by atoms with Crippen molar-refractivity contribution in [2.24, 2.45) is 0 Å². The summed E-state index contributed by atoms with van der Waals surface area (Å²) >= 11 is 0. The van der Waals surface area contributed by atoms with Gasteiger partial charge < -0.3 is 4.57 Å². The minimum absolute atomic E-state index is 0.129. The lowest BCUT2D eigenvalue weighted by molar-refractivity contribution is 0.574. The van der Waals surface area contributed by atoms with Crippen LogP contribution in [-0.2, 0) is 23.1 Å². The van der Waals surface area contributed by atoms with Crippen molar-refractivity contribution in [2.45, 2.75) is 31.8 Å². The Kier molecular flexibility index (Phi) is 3.96. The molecule has 0 saturated carbocycles. The summed E-state index contributed by atoms with van der Waals surface area (Å²) in [5.41, 5.74) is 0.715. The van der Waals surface area contributed by atoms with E-state index in [-0.39, 0.29) is 11.4 Å². The van der Waals surface area contributed by atoms with Crippen molar-refractivity contribution in [1.82, 2.24) is 19.5 Å². The molecule has 6 nitrogen and oxygen atoms in total. The maximum absolute atomic E-state index is 12.2. The Morgan fingerprint density at radius 2 is 2.05 bits per heavy atom. The van der Waals surface area contributed by atoms with Crippen molar-refractivity contribution in [3.05, 3.63) is 42.0 Å². The first-order valence-electron chi connectivity index (χ1n) is 5.96. The van der Waals surface area contributed by atoms with Crippen LogP contribution in [-0.4, -0.2) is 23.2 Å². The van der Waals surface area contributed by atoms with Gasteiger partial charge in [0.25, 0.3) is 0 Å². The topological polar surface area (TPSA) is 76.9 Å². The molecule has 0 bridgehead atoms. The Bertz CT molecular complexity index is 664. The Morgan fingerprint density at radius 1 is 1.32 bits per heavy atom. The van der Waals surface area contributed by atoms with Gasteiger partial charge >= 0.3 is 0 Å². The number of hydrogen-bond donors (Lipinski definition) is 1. The van der Waals surface area contributed by atoms with Crippen LogP contribution in [0.2, 0.25) is 0 Å². The Balaban J connectivity index is 2.17. The quantitative estimate of drug-likeness (QED) is 0.889. The van der Waals surface area contributed by atoms with Crippen molar-refractivity contribution in [1.29, 1.82) is 0 Å². The van der Waals surface area contributed by atoms with Gasteiger partial charge in [0.2, 0.25) is 10.0 Å². The molecule has 0 saturated heterocycles. The fourth-order valence-electron chi connectivity index (χ4n) is 1.78. The van der Waals surface area contributed by atoms with E-state index in [1.54, 1.807) is 36.0 Å². The van der Waals surface area contributed by atoms with Crippen LogP contribution in [0, 0.1) is 6.92 Å². The average Bonchev–Trinajstić information content (AvgIpc) is 2.84. The maximum atomic E-state index is 12.2. The number of nitrogens with zero attached hydrogens (tertiary/aromatic N) is 3. The number of aromatic nitrogens is 3. The average molecular weight is 280 g/mol. The molecule has 0 aliphatic heterocycles. The molecule has 7 heteroatoms. The van der Waals surface area contributed by atoms with E-state index in [2.05, 4.69) is 14.9 Å². The molecule has 1 aromatic carbocycles. The van der Waals surface area contributed by atoms with Crippen LogP contribution < -0.4 is 4.72 Å². The number of aryl methyl sites for hydroxylation is 2. The summed E-state index contributed by atoms with van der Waals surface area (Å²) in [4.78, 5) is 0.289. The molecule has 0 aliphatic rings. The van der Waals surface area contributed by atoms with Crippen molar-refractivity contribution in [3.8, 4) is 0 Å². The van der Waals surface area contributed by atoms with E-state index >= 15 is 0 Å². The number of sulfonamides is 1. The smallest absolute Gasteiger partial charge is 0.241 e. The van der Waals surface area contributed by atoms with Gasteiger partial charge in [0, 0.05) is 6.54 Å². The van der Waals surface area contributed by atoms with Gasteiger partial charge in [-0.1, -0.05) is 18.2 Å². The third-order valence-electron chi connectivity index (χ3n) is 2.84. The summed E-state index contributed by atoms with van der Waals surface area (Å²) < 4.78 is 28.7. The van der Waals surface area contributed by atoms with Gasteiger partial charge in [0.05, 0.1) is 11.4 Å². The zero-order valence-electron chi connectivity index (χ0n) is 10.9. The molecular weight excluding hydrogens is 264 g/mol. The highest BCUT2D eigenvalue weighted by atomic mass is 32.2. The Morgan fingerprint density at radius 3 is 2.74 bits per heavy atom. The molecule has 0 spiro atoms. The van der Waals surface area contributed by atoms with Crippen molar-refractivity contribution >= 4 is 10.0 Å². The van der Waals surface area contributed by atoms with Crippen LogP contribution in [0.1, 0.15) is 18.3 Å². The minimum atomic E-state index is -3.52. The van der Waals surface area contributed by atoms with E-state index in [1.807, 2.05) is 13.0 Å². The van der Waals surface area contributed by atoms with E-state index in [9.17, 15) is 8.42 Å². The van der Waals surface area contributed by atoms with Crippen LogP contribution in [0.5, 0.6) is 0 Å². The van der Waals surface area contributed by atoms with E-state index < -0.39 is 10.0 Å². The third-order valence-corrected chi connectivity index (χ3v) is 4.40. The lowest BCUT2D eigenvalue weighted by atomic mass is 10.2. The molecule has 1 N–H and O–H groups in total. The van der Waals surface area contributed by atoms with Gasteiger partial charge in [-0.2, -0.15) is 0 Å². The molecule has 1 aromatic heterocycles. The lowest BCUT2D eigenvalue weighted by Gasteiger charge is -2.09. The van der Waals surface area contributed by atoms with Gasteiger partial charge in [-0.15, -0.1) is 10.2 Å². The second-order valence-corrected chi connectivity index (χ2v) is 5.86. The minimum Gasteiger partial charge on any atom is -0.317 e. The first kappa shape index (κ1) is 13.7. The second kappa shape index (κ2) is 5.50. The summed E-state index contributed by atoms with van der Waals surface area (Å²) in [7, 11) is -3.52. The predicted octanol–water partition coefficient (Wildman–Crippen LogP) is 1.08. The molecule has 0 fully saturated rings. The van der Waals surface area contributed by atoms with Crippen LogP contribution in [0.3, 0.4) is 0 Å². The Labute approximate surface area is 112 Å². The summed E-state index contributed by atoms with van der Waals surface area (Å²) in [6, 6.07) is 6.86. The molecule has 1 heterocycles. The summed E-state index contributed by atoms with van der Waals surface area (Å²) in [5, 5.41) is 7.65. The Hall–Kier alpha value is -1.73. The standard InChI is InChI=1S/C12H16N4O2S/c1-3-16-9-13-15-12(16)8-14-19(17,18)11-7-5-4-6-10(11)2/h4-7,9,14H,3,8H2,1-2H3. The van der Waals surface area contributed by atoms with Crippen molar-refractivity contribution in [3.63, 3.8) is 0 Å². The fourth-order valence-corrected chi connectivity index (χ4v) is 3.00. The molecule has 0 unspecified atom stereocenters. The number of benzene rings is 1. The van der Waals surface area contributed by atoms with Crippen molar-refractivity contribution in [2.75, 3.05) is 0 Å². The number of rotatable bonds is 5. The predicted molar refractivity (Wildman–Crippen MR) is 70.9 cm³/mol. The highest BCUT2D eigenvalue weighted by Crippen LogP contribution is 2.14. The fraction of sp³-hybridized carbons (Fsp3) is 0.333. The van der Waals surface area contributed by atoms with Gasteiger partial charge in [0.15, 0.2) is 0 Å². The summed E-state index contributed by atoms with van der Waals surface area (Å²) in [5.74, 6) is 0.597. The molecule has 2 rings (SSSR count). The van der Waals surface area contributed by atoms with Crippen LogP contribution in [0.25, 0.3) is 0 Å². The van der Waals surface area contributed by atoms with Gasteiger partial charge in [-0.3, -0.25) is 0 Å². The zero-order valence-corrected chi connectivity index (χ0v) is 11.7. The first-order chi connectivity index (χ1) is 9.04. The molecule has 0 atom stereocenters. The van der Waals surface area contributed by atoms with Crippen LogP contribution in [0.4, 0.5) is 0 Å². The molecule has 2 aromatic rings. The SMILES string of the molecule is CCn1cnnc1CNS(=O)(=O)c1ccccc1C. The van der Waals surface area contributed by atoms with Gasteiger partial charge in [0.1, 0.15) is 12.2 Å². The summed E-state index contributed by atoms with van der Waals surface area (Å²) in [6.45, 7) is 4.55. The molecule has 0 aliphatic carbocycles. The second-order valence-electron chi connectivity index (χ2n) is 4.12. The van der Waals surface area contributed by atoms with E-state index in [0.29, 0.717) is 17.9 Å². The molecule has 0 radical (unpaired) electrons. The van der Waals surface area contributed by atoms with E-state index in [1.165, 1.54) is 0 Å². The number of nitrogens with one attached hydrogen (secondary N) is 1. The maximum Gasteiger partial charge on any atom is 0.241 e. The monoisotopic (exact) mass is 280 g/mol. The third kappa shape index (κ3) is 2.99. The molecule has 102 valence electrons.